The summed E-state index contributed by atoms with van der Waals surface area (Å²) in [6.45, 7) is 7.58. The quantitative estimate of drug-likeness (QED) is 0.722. The van der Waals surface area contributed by atoms with Crippen molar-refractivity contribution in [1.29, 1.82) is 0 Å². The maximum atomic E-state index is 4.96. The Labute approximate surface area is 90.8 Å². The number of rotatable bonds is 7. The maximum Gasteiger partial charge on any atom is 0.0964 e. The van der Waals surface area contributed by atoms with Gasteiger partial charge in [-0.1, -0.05) is 19.1 Å². The normalized spacial score (nSPS) is 11.2. The van der Waals surface area contributed by atoms with Crippen LogP contribution in [0.4, 0.5) is 0 Å². The Bertz CT molecular complexity index is 272. The van der Waals surface area contributed by atoms with Gasteiger partial charge in [0.05, 0.1) is 18.8 Å². The summed E-state index contributed by atoms with van der Waals surface area (Å²) in [5.74, 6) is 0.661. The Morgan fingerprint density at radius 2 is 2.33 bits per heavy atom. The van der Waals surface area contributed by atoms with Crippen LogP contribution in [0.3, 0.4) is 0 Å². The van der Waals surface area contributed by atoms with Gasteiger partial charge in [0.25, 0.3) is 0 Å². The van der Waals surface area contributed by atoms with Gasteiger partial charge in [0, 0.05) is 19.9 Å². The molecule has 0 atom stereocenters. The molecule has 0 aliphatic rings. The van der Waals surface area contributed by atoms with Crippen molar-refractivity contribution < 1.29 is 4.74 Å². The van der Waals surface area contributed by atoms with E-state index >= 15 is 0 Å². The van der Waals surface area contributed by atoms with Crippen LogP contribution >= 0.6 is 0 Å². The molecule has 1 heterocycles. The molecule has 5 nitrogen and oxygen atoms in total. The SMILES string of the molecule is COCCn1cc(CNCC(C)C)nn1. The van der Waals surface area contributed by atoms with E-state index in [2.05, 4.69) is 29.5 Å². The van der Waals surface area contributed by atoms with Crippen molar-refractivity contribution in [3.63, 3.8) is 0 Å². The molecule has 0 fully saturated rings. The van der Waals surface area contributed by atoms with Crippen LogP contribution in [0.25, 0.3) is 0 Å². The number of aromatic nitrogens is 3. The predicted octanol–water partition coefficient (Wildman–Crippen LogP) is 0.670. The molecule has 0 spiro atoms. The van der Waals surface area contributed by atoms with Crippen molar-refractivity contribution in [3.05, 3.63) is 11.9 Å². The third-order valence-corrected chi connectivity index (χ3v) is 1.97. The number of nitrogens with one attached hydrogen (secondary N) is 1. The van der Waals surface area contributed by atoms with E-state index in [0.29, 0.717) is 12.5 Å². The topological polar surface area (TPSA) is 52.0 Å². The lowest BCUT2D eigenvalue weighted by atomic mass is 10.2. The molecule has 0 amide bonds. The maximum absolute atomic E-state index is 4.96. The van der Waals surface area contributed by atoms with Gasteiger partial charge in [-0.2, -0.15) is 0 Å². The van der Waals surface area contributed by atoms with Crippen molar-refractivity contribution in [2.75, 3.05) is 20.3 Å². The third-order valence-electron chi connectivity index (χ3n) is 1.97. The van der Waals surface area contributed by atoms with E-state index in [1.54, 1.807) is 11.8 Å². The summed E-state index contributed by atoms with van der Waals surface area (Å²) in [7, 11) is 1.68. The van der Waals surface area contributed by atoms with Crippen LogP contribution in [-0.4, -0.2) is 35.3 Å². The molecular formula is C10H20N4O. The average molecular weight is 212 g/mol. The summed E-state index contributed by atoms with van der Waals surface area (Å²) >= 11 is 0. The molecule has 1 rings (SSSR count). The monoisotopic (exact) mass is 212 g/mol. The fraction of sp³-hybridized carbons (Fsp3) is 0.800. The molecule has 1 N–H and O–H groups in total. The lowest BCUT2D eigenvalue weighted by Crippen LogP contribution is -2.19. The van der Waals surface area contributed by atoms with E-state index < -0.39 is 0 Å². The molecule has 1 aromatic heterocycles. The zero-order valence-electron chi connectivity index (χ0n) is 9.73. The predicted molar refractivity (Wildman–Crippen MR) is 58.4 cm³/mol. The number of methoxy groups -OCH3 is 1. The Balaban J connectivity index is 2.26. The third kappa shape index (κ3) is 4.90. The van der Waals surface area contributed by atoms with Crippen LogP contribution in [0.1, 0.15) is 19.5 Å². The van der Waals surface area contributed by atoms with Gasteiger partial charge in [-0.05, 0) is 12.5 Å². The van der Waals surface area contributed by atoms with Gasteiger partial charge in [0.2, 0.25) is 0 Å². The molecule has 0 aromatic carbocycles. The van der Waals surface area contributed by atoms with Crippen molar-refractivity contribution in [3.8, 4) is 0 Å². The number of hydrogen-bond acceptors (Lipinski definition) is 4. The molecule has 0 saturated carbocycles. The fourth-order valence-electron chi connectivity index (χ4n) is 1.20. The molecule has 0 saturated heterocycles. The van der Waals surface area contributed by atoms with Gasteiger partial charge in [-0.3, -0.25) is 0 Å². The number of hydrogen-bond donors (Lipinski definition) is 1. The highest BCUT2D eigenvalue weighted by Gasteiger charge is 2.00. The van der Waals surface area contributed by atoms with Gasteiger partial charge in [0.1, 0.15) is 0 Å². The van der Waals surface area contributed by atoms with Gasteiger partial charge in [0.15, 0.2) is 0 Å². The van der Waals surface area contributed by atoms with Crippen LogP contribution < -0.4 is 5.32 Å². The summed E-state index contributed by atoms with van der Waals surface area (Å²) < 4.78 is 6.76. The van der Waals surface area contributed by atoms with Crippen molar-refractivity contribution in [1.82, 2.24) is 20.3 Å². The second-order valence-electron chi connectivity index (χ2n) is 3.99. The molecule has 0 unspecified atom stereocenters. The standard InChI is InChI=1S/C10H20N4O/c1-9(2)6-11-7-10-8-14(13-12-10)4-5-15-3/h8-9,11H,4-7H2,1-3H3. The van der Waals surface area contributed by atoms with Gasteiger partial charge < -0.3 is 10.1 Å². The van der Waals surface area contributed by atoms with Gasteiger partial charge in [-0.15, -0.1) is 5.10 Å². The summed E-state index contributed by atoms with van der Waals surface area (Å²) in [6, 6.07) is 0. The van der Waals surface area contributed by atoms with Gasteiger partial charge in [-0.25, -0.2) is 4.68 Å². The molecular weight excluding hydrogens is 192 g/mol. The molecule has 86 valence electrons. The van der Waals surface area contributed by atoms with Crippen LogP contribution in [0.2, 0.25) is 0 Å². The fourth-order valence-corrected chi connectivity index (χ4v) is 1.20. The molecule has 1 aromatic rings. The minimum absolute atomic E-state index is 0.661. The molecule has 5 heteroatoms. The van der Waals surface area contributed by atoms with Crippen molar-refractivity contribution in [2.24, 2.45) is 5.92 Å². The van der Waals surface area contributed by atoms with E-state index in [0.717, 1.165) is 25.3 Å². The minimum atomic E-state index is 0.661. The second-order valence-corrected chi connectivity index (χ2v) is 3.99. The highest BCUT2D eigenvalue weighted by molar-refractivity contribution is 4.91. The summed E-state index contributed by atoms with van der Waals surface area (Å²) in [6.07, 6.45) is 1.95. The summed E-state index contributed by atoms with van der Waals surface area (Å²) in [4.78, 5) is 0. The largest absolute Gasteiger partial charge is 0.383 e. The van der Waals surface area contributed by atoms with Gasteiger partial charge >= 0.3 is 0 Å². The molecule has 0 aliphatic heterocycles. The molecule has 15 heavy (non-hydrogen) atoms. The van der Waals surface area contributed by atoms with Crippen molar-refractivity contribution >= 4 is 0 Å². The number of ether oxygens (including phenoxy) is 1. The van der Waals surface area contributed by atoms with E-state index in [4.69, 9.17) is 4.74 Å². The molecule has 0 radical (unpaired) electrons. The highest BCUT2D eigenvalue weighted by Crippen LogP contribution is 1.94. The molecule has 0 aliphatic carbocycles. The lowest BCUT2D eigenvalue weighted by molar-refractivity contribution is 0.183. The Hall–Kier alpha value is -0.940. The second kappa shape index (κ2) is 6.53. The summed E-state index contributed by atoms with van der Waals surface area (Å²) in [5.41, 5.74) is 0.978. The zero-order chi connectivity index (χ0) is 11.1. The van der Waals surface area contributed by atoms with E-state index in [1.165, 1.54) is 0 Å². The van der Waals surface area contributed by atoms with Crippen LogP contribution in [0.5, 0.6) is 0 Å². The van der Waals surface area contributed by atoms with Crippen LogP contribution in [0.15, 0.2) is 6.20 Å². The Morgan fingerprint density at radius 3 is 3.00 bits per heavy atom. The van der Waals surface area contributed by atoms with E-state index in [-0.39, 0.29) is 0 Å². The van der Waals surface area contributed by atoms with Crippen molar-refractivity contribution in [2.45, 2.75) is 26.9 Å². The average Bonchev–Trinajstić information content (AvgIpc) is 2.62. The first-order valence-corrected chi connectivity index (χ1v) is 5.31. The Morgan fingerprint density at radius 1 is 1.53 bits per heavy atom. The number of nitrogens with zero attached hydrogens (tertiary/aromatic N) is 3. The van der Waals surface area contributed by atoms with E-state index in [9.17, 15) is 0 Å². The first-order valence-electron chi connectivity index (χ1n) is 5.31. The smallest absolute Gasteiger partial charge is 0.0964 e. The minimum Gasteiger partial charge on any atom is -0.383 e. The Kier molecular flexibility index (Phi) is 5.28. The first kappa shape index (κ1) is 12.1. The highest BCUT2D eigenvalue weighted by atomic mass is 16.5. The first-order chi connectivity index (χ1) is 7.22. The van der Waals surface area contributed by atoms with Crippen LogP contribution in [0, 0.1) is 5.92 Å². The molecule has 0 bridgehead atoms. The summed E-state index contributed by atoms with van der Waals surface area (Å²) in [5, 5.41) is 11.4. The van der Waals surface area contributed by atoms with E-state index in [1.807, 2.05) is 6.20 Å². The zero-order valence-corrected chi connectivity index (χ0v) is 9.73. The lowest BCUT2D eigenvalue weighted by Gasteiger charge is -2.04. The van der Waals surface area contributed by atoms with Crippen LogP contribution in [-0.2, 0) is 17.8 Å².